The van der Waals surface area contributed by atoms with E-state index in [1.54, 1.807) is 0 Å². The fourth-order valence-electron chi connectivity index (χ4n) is 4.79. The van der Waals surface area contributed by atoms with Crippen LogP contribution in [0.1, 0.15) is 24.4 Å². The van der Waals surface area contributed by atoms with E-state index in [-0.39, 0.29) is 24.0 Å². The molecule has 168 valence electrons. The summed E-state index contributed by atoms with van der Waals surface area (Å²) in [5, 5.41) is 0. The first-order valence-corrected chi connectivity index (χ1v) is 11.4. The van der Waals surface area contributed by atoms with Crippen molar-refractivity contribution in [2.75, 3.05) is 50.8 Å². The van der Waals surface area contributed by atoms with Crippen molar-refractivity contribution in [1.82, 2.24) is 9.80 Å². The van der Waals surface area contributed by atoms with Crippen LogP contribution >= 0.6 is 0 Å². The minimum absolute atomic E-state index is 0.0495. The second-order valence-corrected chi connectivity index (χ2v) is 8.57. The van der Waals surface area contributed by atoms with E-state index in [0.29, 0.717) is 45.9 Å². The van der Waals surface area contributed by atoms with Crippen molar-refractivity contribution in [3.05, 3.63) is 60.2 Å². The first-order valence-electron chi connectivity index (χ1n) is 11.4. The average Bonchev–Trinajstić information content (AvgIpc) is 3.39. The summed E-state index contributed by atoms with van der Waals surface area (Å²) in [5.74, 6) is 0.883. The number of hydrogen-bond donors (Lipinski definition) is 0. The molecule has 32 heavy (non-hydrogen) atoms. The highest BCUT2D eigenvalue weighted by atomic mass is 16.5. The van der Waals surface area contributed by atoms with E-state index in [9.17, 15) is 9.59 Å². The predicted molar refractivity (Wildman–Crippen MR) is 121 cm³/mol. The van der Waals surface area contributed by atoms with Gasteiger partial charge in [0.25, 0.3) is 5.91 Å². The van der Waals surface area contributed by atoms with Crippen LogP contribution in [0.2, 0.25) is 0 Å². The number of anilines is 1. The van der Waals surface area contributed by atoms with E-state index in [1.165, 1.54) is 0 Å². The maximum absolute atomic E-state index is 13.6. The summed E-state index contributed by atoms with van der Waals surface area (Å²) in [6.07, 6.45) is 1.49. The third-order valence-electron chi connectivity index (χ3n) is 6.53. The van der Waals surface area contributed by atoms with Crippen molar-refractivity contribution in [2.24, 2.45) is 0 Å². The number of piperazine rings is 1. The Kier molecular flexibility index (Phi) is 6.10. The van der Waals surface area contributed by atoms with Crippen LogP contribution in [0.15, 0.2) is 54.6 Å². The molecule has 2 atom stereocenters. The van der Waals surface area contributed by atoms with Crippen molar-refractivity contribution in [1.29, 1.82) is 0 Å². The number of amides is 2. The van der Waals surface area contributed by atoms with Crippen LogP contribution in [-0.2, 0) is 14.3 Å². The Morgan fingerprint density at radius 3 is 2.44 bits per heavy atom. The normalized spacial score (nSPS) is 23.5. The van der Waals surface area contributed by atoms with Gasteiger partial charge in [-0.25, -0.2) is 0 Å². The Hall–Kier alpha value is -2.90. The monoisotopic (exact) mass is 435 g/mol. The first-order chi connectivity index (χ1) is 15.7. The van der Waals surface area contributed by atoms with Crippen molar-refractivity contribution in [3.63, 3.8) is 0 Å². The number of rotatable bonds is 4. The highest BCUT2D eigenvalue weighted by molar-refractivity contribution is 5.97. The van der Waals surface area contributed by atoms with E-state index in [4.69, 9.17) is 9.47 Å². The summed E-state index contributed by atoms with van der Waals surface area (Å²) in [4.78, 5) is 32.1. The Labute approximate surface area is 188 Å². The van der Waals surface area contributed by atoms with Crippen LogP contribution in [0.25, 0.3) is 0 Å². The molecule has 0 bridgehead atoms. The van der Waals surface area contributed by atoms with Gasteiger partial charge in [0.2, 0.25) is 5.91 Å². The van der Waals surface area contributed by atoms with Gasteiger partial charge >= 0.3 is 0 Å². The number of carbonyl (C=O) groups is 2. The largest absolute Gasteiger partial charge is 0.489 e. The fourth-order valence-corrected chi connectivity index (χ4v) is 4.79. The second-order valence-electron chi connectivity index (χ2n) is 8.57. The lowest BCUT2D eigenvalue weighted by atomic mass is 10.0. The third kappa shape index (κ3) is 4.23. The number of benzene rings is 2. The molecule has 3 heterocycles. The van der Waals surface area contributed by atoms with E-state index in [0.717, 1.165) is 29.8 Å². The maximum atomic E-state index is 13.6. The molecule has 0 aliphatic carbocycles. The SMILES string of the molecule is O=C([C@@H]1CCCO1)N1CCN(CC(=O)N2c3ccccc3OC[C@@H]2c2ccccc2)CC1. The fraction of sp³-hybridized carbons (Fsp3) is 0.440. The summed E-state index contributed by atoms with van der Waals surface area (Å²) in [6, 6.07) is 17.6. The highest BCUT2D eigenvalue weighted by Gasteiger charge is 2.35. The maximum Gasteiger partial charge on any atom is 0.251 e. The second kappa shape index (κ2) is 9.30. The van der Waals surface area contributed by atoms with Crippen molar-refractivity contribution in [2.45, 2.75) is 25.0 Å². The molecule has 2 saturated heterocycles. The zero-order valence-corrected chi connectivity index (χ0v) is 18.2. The van der Waals surface area contributed by atoms with E-state index < -0.39 is 0 Å². The molecule has 0 spiro atoms. The standard InChI is InChI=1S/C25H29N3O4/c29-24(17-26-12-14-27(15-13-26)25(30)23-11-6-16-31-23)28-20-9-4-5-10-22(20)32-18-21(28)19-7-2-1-3-8-19/h1-5,7-10,21,23H,6,11-18H2/t21-,23+/m1/s1. The molecule has 0 aromatic heterocycles. The van der Waals surface area contributed by atoms with Crippen molar-refractivity contribution < 1.29 is 19.1 Å². The van der Waals surface area contributed by atoms with Crippen molar-refractivity contribution in [3.8, 4) is 5.75 Å². The number of ether oxygens (including phenoxy) is 2. The van der Waals surface area contributed by atoms with E-state index >= 15 is 0 Å². The molecule has 3 aliphatic heterocycles. The molecule has 0 saturated carbocycles. The summed E-state index contributed by atoms with van der Waals surface area (Å²) in [6.45, 7) is 4.06. The Morgan fingerprint density at radius 2 is 1.69 bits per heavy atom. The van der Waals surface area contributed by atoms with Gasteiger partial charge in [0, 0.05) is 32.8 Å². The molecule has 2 aromatic carbocycles. The van der Waals surface area contributed by atoms with Gasteiger partial charge in [0.15, 0.2) is 0 Å². The Balaban J connectivity index is 1.27. The number of hydrogen-bond acceptors (Lipinski definition) is 5. The molecule has 0 N–H and O–H groups in total. The molecule has 7 nitrogen and oxygen atoms in total. The molecule has 2 aromatic rings. The van der Waals surface area contributed by atoms with Crippen LogP contribution in [0.4, 0.5) is 5.69 Å². The average molecular weight is 436 g/mol. The molecule has 0 radical (unpaired) electrons. The van der Waals surface area contributed by atoms with Gasteiger partial charge in [0.1, 0.15) is 18.5 Å². The smallest absolute Gasteiger partial charge is 0.251 e. The number of para-hydroxylation sites is 2. The lowest BCUT2D eigenvalue weighted by Gasteiger charge is -2.40. The molecule has 7 heteroatoms. The lowest BCUT2D eigenvalue weighted by Crippen LogP contribution is -2.54. The summed E-state index contributed by atoms with van der Waals surface area (Å²) >= 11 is 0. The summed E-state index contributed by atoms with van der Waals surface area (Å²) < 4.78 is 11.5. The zero-order chi connectivity index (χ0) is 21.9. The number of fused-ring (bicyclic) bond motifs is 1. The number of carbonyl (C=O) groups excluding carboxylic acids is 2. The van der Waals surface area contributed by atoms with Crippen LogP contribution in [-0.4, -0.2) is 73.7 Å². The molecule has 2 fully saturated rings. The molecule has 2 amide bonds. The molecule has 3 aliphatic rings. The molecule has 0 unspecified atom stereocenters. The van der Waals surface area contributed by atoms with Gasteiger partial charge in [-0.05, 0) is 30.5 Å². The van der Waals surface area contributed by atoms with Crippen LogP contribution < -0.4 is 9.64 Å². The minimum Gasteiger partial charge on any atom is -0.489 e. The third-order valence-corrected chi connectivity index (χ3v) is 6.53. The Morgan fingerprint density at radius 1 is 0.938 bits per heavy atom. The van der Waals surface area contributed by atoms with Gasteiger partial charge in [0.05, 0.1) is 18.3 Å². The first kappa shape index (κ1) is 21.0. The zero-order valence-electron chi connectivity index (χ0n) is 18.2. The lowest BCUT2D eigenvalue weighted by molar-refractivity contribution is -0.142. The van der Waals surface area contributed by atoms with Gasteiger partial charge in [-0.2, -0.15) is 0 Å². The predicted octanol–water partition coefficient (Wildman–Crippen LogP) is 2.48. The highest BCUT2D eigenvalue weighted by Crippen LogP contribution is 2.39. The van der Waals surface area contributed by atoms with Crippen LogP contribution in [0.3, 0.4) is 0 Å². The molecular weight excluding hydrogens is 406 g/mol. The molecular formula is C25H29N3O4. The van der Waals surface area contributed by atoms with Gasteiger partial charge in [-0.3, -0.25) is 19.4 Å². The van der Waals surface area contributed by atoms with Crippen LogP contribution in [0.5, 0.6) is 5.75 Å². The van der Waals surface area contributed by atoms with Gasteiger partial charge in [-0.1, -0.05) is 42.5 Å². The Bertz CT molecular complexity index is 953. The summed E-state index contributed by atoms with van der Waals surface area (Å²) in [5.41, 5.74) is 1.87. The van der Waals surface area contributed by atoms with Gasteiger partial charge < -0.3 is 14.4 Å². The van der Waals surface area contributed by atoms with E-state index in [1.807, 2.05) is 64.4 Å². The quantitative estimate of drug-likeness (QED) is 0.739. The summed E-state index contributed by atoms with van der Waals surface area (Å²) in [7, 11) is 0. The minimum atomic E-state index is -0.278. The van der Waals surface area contributed by atoms with Gasteiger partial charge in [-0.15, -0.1) is 0 Å². The topological polar surface area (TPSA) is 62.3 Å². The van der Waals surface area contributed by atoms with Crippen molar-refractivity contribution >= 4 is 17.5 Å². The van der Waals surface area contributed by atoms with Crippen LogP contribution in [0, 0.1) is 0 Å². The molecule has 5 rings (SSSR count). The van der Waals surface area contributed by atoms with E-state index in [2.05, 4.69) is 4.90 Å². The number of nitrogens with zero attached hydrogens (tertiary/aromatic N) is 3.